The third kappa shape index (κ3) is 4.99. The minimum Gasteiger partial charge on any atom is -0.444 e. The highest BCUT2D eigenvalue weighted by atomic mass is 19.4. The zero-order valence-electron chi connectivity index (χ0n) is 11.5. The highest BCUT2D eigenvalue weighted by molar-refractivity contribution is 5.68. The summed E-state index contributed by atoms with van der Waals surface area (Å²) in [5.41, 5.74) is 4.43. The quantitative estimate of drug-likeness (QED) is 0.821. The number of halogens is 3. The molecule has 0 saturated carbocycles. The molecule has 0 bridgehead atoms. The van der Waals surface area contributed by atoms with Gasteiger partial charge in [-0.15, -0.1) is 0 Å². The number of amides is 1. The van der Waals surface area contributed by atoms with E-state index in [0.717, 1.165) is 12.1 Å². The van der Waals surface area contributed by atoms with E-state index in [1.807, 2.05) is 0 Å². The number of benzene rings is 1. The number of ether oxygens (including phenoxy) is 1. The van der Waals surface area contributed by atoms with E-state index in [2.05, 4.69) is 5.32 Å². The van der Waals surface area contributed by atoms with Crippen LogP contribution in [0.2, 0.25) is 0 Å². The van der Waals surface area contributed by atoms with E-state index in [-0.39, 0.29) is 12.2 Å². The lowest BCUT2D eigenvalue weighted by Gasteiger charge is -2.20. The van der Waals surface area contributed by atoms with Gasteiger partial charge < -0.3 is 15.8 Å². The Labute approximate surface area is 115 Å². The number of alkyl carbamates (subject to hydrolysis) is 1. The fraction of sp³-hybridized carbons (Fsp3) is 0.462. The molecule has 0 spiro atoms. The van der Waals surface area contributed by atoms with Crippen molar-refractivity contribution in [3.63, 3.8) is 0 Å². The van der Waals surface area contributed by atoms with Crippen LogP contribution in [0.25, 0.3) is 0 Å². The zero-order valence-corrected chi connectivity index (χ0v) is 11.5. The van der Waals surface area contributed by atoms with Crippen LogP contribution in [0.4, 0.5) is 23.7 Å². The van der Waals surface area contributed by atoms with Crippen LogP contribution in [0.3, 0.4) is 0 Å². The molecule has 1 aromatic carbocycles. The largest absolute Gasteiger partial charge is 0.444 e. The number of alkyl halides is 3. The van der Waals surface area contributed by atoms with E-state index >= 15 is 0 Å². The molecule has 3 N–H and O–H groups in total. The summed E-state index contributed by atoms with van der Waals surface area (Å²) in [6.45, 7) is 5.12. The van der Waals surface area contributed by atoms with Crippen molar-refractivity contribution in [1.29, 1.82) is 0 Å². The summed E-state index contributed by atoms with van der Waals surface area (Å²) >= 11 is 0. The highest BCUT2D eigenvalue weighted by Crippen LogP contribution is 2.31. The zero-order chi connectivity index (χ0) is 15.6. The lowest BCUT2D eigenvalue weighted by atomic mass is 10.1. The molecular formula is C13H17F3N2O2. The third-order valence-electron chi connectivity index (χ3n) is 2.30. The SMILES string of the molecule is CC(C)(C)OC(=O)NCc1ccc(C(F)(F)F)cc1N. The molecule has 1 aromatic rings. The van der Waals surface area contributed by atoms with Gasteiger partial charge in [0.1, 0.15) is 5.60 Å². The van der Waals surface area contributed by atoms with Crippen LogP contribution in [-0.2, 0) is 17.5 Å². The van der Waals surface area contributed by atoms with Gasteiger partial charge in [-0.1, -0.05) is 6.07 Å². The van der Waals surface area contributed by atoms with Gasteiger partial charge in [-0.05, 0) is 38.5 Å². The summed E-state index contributed by atoms with van der Waals surface area (Å²) in [6, 6.07) is 2.99. The Hall–Kier alpha value is -1.92. The van der Waals surface area contributed by atoms with Crippen LogP contribution in [0.5, 0.6) is 0 Å². The van der Waals surface area contributed by atoms with Crippen LogP contribution < -0.4 is 11.1 Å². The van der Waals surface area contributed by atoms with E-state index in [9.17, 15) is 18.0 Å². The second kappa shape index (κ2) is 5.60. The Kier molecular flexibility index (Phi) is 4.52. The van der Waals surface area contributed by atoms with Gasteiger partial charge in [0.05, 0.1) is 5.56 Å². The number of rotatable bonds is 2. The van der Waals surface area contributed by atoms with Gasteiger partial charge in [0, 0.05) is 12.2 Å². The Morgan fingerprint density at radius 2 is 1.90 bits per heavy atom. The summed E-state index contributed by atoms with van der Waals surface area (Å²) in [5, 5.41) is 2.43. The van der Waals surface area contributed by atoms with E-state index in [1.54, 1.807) is 20.8 Å². The monoisotopic (exact) mass is 290 g/mol. The Balaban J connectivity index is 2.68. The fourth-order valence-electron chi connectivity index (χ4n) is 1.41. The van der Waals surface area contributed by atoms with Crippen molar-refractivity contribution in [3.8, 4) is 0 Å². The molecule has 7 heteroatoms. The molecule has 0 aliphatic carbocycles. The first-order chi connectivity index (χ1) is 8.99. The molecule has 0 saturated heterocycles. The number of nitrogens with two attached hydrogens (primary N) is 1. The van der Waals surface area contributed by atoms with E-state index in [0.29, 0.717) is 5.56 Å². The van der Waals surface area contributed by atoms with Crippen molar-refractivity contribution >= 4 is 11.8 Å². The third-order valence-corrected chi connectivity index (χ3v) is 2.30. The van der Waals surface area contributed by atoms with Crippen LogP contribution in [0, 0.1) is 0 Å². The molecule has 4 nitrogen and oxygen atoms in total. The van der Waals surface area contributed by atoms with Gasteiger partial charge in [0.2, 0.25) is 0 Å². The molecule has 0 unspecified atom stereocenters. The number of nitrogens with one attached hydrogen (secondary N) is 1. The van der Waals surface area contributed by atoms with Gasteiger partial charge in [-0.3, -0.25) is 0 Å². The topological polar surface area (TPSA) is 64.3 Å². The fourth-order valence-corrected chi connectivity index (χ4v) is 1.41. The number of carbonyl (C=O) groups is 1. The van der Waals surface area contributed by atoms with Crippen molar-refractivity contribution in [2.75, 3.05) is 5.73 Å². The molecule has 0 aliphatic rings. The average molecular weight is 290 g/mol. The van der Waals surface area contributed by atoms with Crippen LogP contribution >= 0.6 is 0 Å². The molecule has 1 amide bonds. The number of hydrogen-bond acceptors (Lipinski definition) is 3. The molecule has 20 heavy (non-hydrogen) atoms. The molecule has 0 aliphatic heterocycles. The Morgan fingerprint density at radius 3 is 2.35 bits per heavy atom. The summed E-state index contributed by atoms with van der Waals surface area (Å²) in [4.78, 5) is 11.4. The first-order valence-electron chi connectivity index (χ1n) is 5.91. The van der Waals surface area contributed by atoms with Gasteiger partial charge in [0.15, 0.2) is 0 Å². The van der Waals surface area contributed by atoms with Crippen molar-refractivity contribution in [3.05, 3.63) is 29.3 Å². The molecule has 0 radical (unpaired) electrons. The summed E-state index contributed by atoms with van der Waals surface area (Å²) in [6.07, 6.45) is -5.09. The smallest absolute Gasteiger partial charge is 0.416 e. The minimum absolute atomic E-state index is 0.00111. The number of hydrogen-bond donors (Lipinski definition) is 2. The molecule has 0 fully saturated rings. The van der Waals surface area contributed by atoms with Crippen molar-refractivity contribution in [2.45, 2.75) is 39.1 Å². The molecule has 1 rings (SSSR count). The second-order valence-corrected chi connectivity index (χ2v) is 5.27. The van der Waals surface area contributed by atoms with Gasteiger partial charge in [-0.2, -0.15) is 13.2 Å². The predicted molar refractivity (Wildman–Crippen MR) is 68.9 cm³/mol. The first-order valence-corrected chi connectivity index (χ1v) is 5.91. The molecule has 0 heterocycles. The first kappa shape index (κ1) is 16.1. The van der Waals surface area contributed by atoms with Crippen LogP contribution in [0.15, 0.2) is 18.2 Å². The number of anilines is 1. The Morgan fingerprint density at radius 1 is 1.30 bits per heavy atom. The summed E-state index contributed by atoms with van der Waals surface area (Å²) in [7, 11) is 0. The highest BCUT2D eigenvalue weighted by Gasteiger charge is 2.30. The van der Waals surface area contributed by atoms with Gasteiger partial charge in [0.25, 0.3) is 0 Å². The van der Waals surface area contributed by atoms with Gasteiger partial charge >= 0.3 is 12.3 Å². The second-order valence-electron chi connectivity index (χ2n) is 5.27. The predicted octanol–water partition coefficient (Wildman–Crippen LogP) is 3.31. The number of nitrogen functional groups attached to an aromatic ring is 1. The van der Waals surface area contributed by atoms with Gasteiger partial charge in [-0.25, -0.2) is 4.79 Å². The van der Waals surface area contributed by atoms with E-state index in [1.165, 1.54) is 6.07 Å². The molecule has 0 aromatic heterocycles. The van der Waals surface area contributed by atoms with Crippen molar-refractivity contribution in [2.24, 2.45) is 0 Å². The van der Waals surface area contributed by atoms with Crippen LogP contribution in [-0.4, -0.2) is 11.7 Å². The lowest BCUT2D eigenvalue weighted by molar-refractivity contribution is -0.137. The molecule has 0 atom stereocenters. The lowest BCUT2D eigenvalue weighted by Crippen LogP contribution is -2.32. The molecular weight excluding hydrogens is 273 g/mol. The maximum atomic E-state index is 12.5. The van der Waals surface area contributed by atoms with Crippen molar-refractivity contribution < 1.29 is 22.7 Å². The maximum Gasteiger partial charge on any atom is 0.416 e. The van der Waals surface area contributed by atoms with Crippen molar-refractivity contribution in [1.82, 2.24) is 5.32 Å². The maximum absolute atomic E-state index is 12.5. The molecule has 112 valence electrons. The standard InChI is InChI=1S/C13H17F3N2O2/c1-12(2,3)20-11(19)18-7-8-4-5-9(6-10(8)17)13(14,15)16/h4-6H,7,17H2,1-3H3,(H,18,19). The van der Waals surface area contributed by atoms with E-state index < -0.39 is 23.4 Å². The summed E-state index contributed by atoms with van der Waals surface area (Å²) < 4.78 is 42.4. The minimum atomic E-state index is -4.44. The summed E-state index contributed by atoms with van der Waals surface area (Å²) in [5.74, 6) is 0. The normalized spacial score (nSPS) is 12.1. The Bertz CT molecular complexity index is 493. The van der Waals surface area contributed by atoms with Crippen LogP contribution in [0.1, 0.15) is 31.9 Å². The average Bonchev–Trinajstić information content (AvgIpc) is 2.23. The number of carbonyl (C=O) groups excluding carboxylic acids is 1. The van der Waals surface area contributed by atoms with E-state index in [4.69, 9.17) is 10.5 Å².